The second-order valence-corrected chi connectivity index (χ2v) is 7.62. The number of ether oxygens (including phenoxy) is 1. The zero-order valence-electron chi connectivity index (χ0n) is 15.4. The first kappa shape index (κ1) is 17.9. The van der Waals surface area contributed by atoms with Crippen molar-refractivity contribution >= 4 is 11.8 Å². The molecule has 0 bridgehead atoms. The van der Waals surface area contributed by atoms with Gasteiger partial charge < -0.3 is 15.0 Å². The molecule has 2 aliphatic rings. The zero-order valence-corrected chi connectivity index (χ0v) is 15.4. The van der Waals surface area contributed by atoms with E-state index in [2.05, 4.69) is 5.32 Å². The van der Waals surface area contributed by atoms with Crippen molar-refractivity contribution in [3.8, 4) is 0 Å². The van der Waals surface area contributed by atoms with Crippen molar-refractivity contribution in [2.24, 2.45) is 0 Å². The lowest BCUT2D eigenvalue weighted by Crippen LogP contribution is -2.73. The van der Waals surface area contributed by atoms with Crippen LogP contribution in [0.3, 0.4) is 0 Å². The Morgan fingerprint density at radius 3 is 2.60 bits per heavy atom. The number of amides is 2. The number of aryl methyl sites for hydroxylation is 1. The fourth-order valence-electron chi connectivity index (χ4n) is 3.59. The molecule has 0 radical (unpaired) electrons. The van der Waals surface area contributed by atoms with Gasteiger partial charge in [-0.25, -0.2) is 0 Å². The van der Waals surface area contributed by atoms with Gasteiger partial charge in [0.25, 0.3) is 5.91 Å². The summed E-state index contributed by atoms with van der Waals surface area (Å²) in [6, 6.07) is 7.49. The van der Waals surface area contributed by atoms with E-state index in [-0.39, 0.29) is 29.5 Å². The van der Waals surface area contributed by atoms with Crippen LogP contribution in [-0.2, 0) is 9.53 Å². The lowest BCUT2D eigenvalue weighted by Gasteiger charge is -2.54. The molecule has 2 amide bonds. The topological polar surface area (TPSA) is 61.9 Å². The molecule has 2 saturated heterocycles. The Morgan fingerprint density at radius 2 is 2.00 bits per heavy atom. The van der Waals surface area contributed by atoms with Crippen LogP contribution in [0.4, 0.5) is 0 Å². The average molecular weight is 345 g/mol. The van der Waals surface area contributed by atoms with Gasteiger partial charge in [0.2, 0.25) is 5.91 Å². The van der Waals surface area contributed by atoms with Gasteiger partial charge in [-0.05, 0) is 40.0 Å². The molecule has 0 saturated carbocycles. The van der Waals surface area contributed by atoms with Crippen LogP contribution >= 0.6 is 0 Å². The van der Waals surface area contributed by atoms with Gasteiger partial charge >= 0.3 is 0 Å². The van der Waals surface area contributed by atoms with E-state index >= 15 is 0 Å². The van der Waals surface area contributed by atoms with Crippen LogP contribution in [0.5, 0.6) is 0 Å². The van der Waals surface area contributed by atoms with Crippen LogP contribution in [0, 0.1) is 6.92 Å². The summed E-state index contributed by atoms with van der Waals surface area (Å²) < 4.78 is 6.03. The molecular formula is C19H27N3O3. The number of likely N-dealkylation sites (N-methyl/N-ethyl adjacent to an activating group) is 1. The Hall–Kier alpha value is -1.92. The molecule has 1 spiro atoms. The number of benzene rings is 1. The maximum Gasteiger partial charge on any atom is 0.254 e. The van der Waals surface area contributed by atoms with E-state index in [4.69, 9.17) is 4.74 Å². The Balaban J connectivity index is 1.57. The third-order valence-corrected chi connectivity index (χ3v) is 4.86. The fraction of sp³-hybridized carbons (Fsp3) is 0.579. The molecule has 2 aliphatic heterocycles. The van der Waals surface area contributed by atoms with Crippen LogP contribution in [0.2, 0.25) is 0 Å². The second-order valence-electron chi connectivity index (χ2n) is 7.62. The van der Waals surface area contributed by atoms with Gasteiger partial charge in [-0.3, -0.25) is 14.5 Å². The first-order valence-corrected chi connectivity index (χ1v) is 8.80. The first-order valence-electron chi connectivity index (χ1n) is 8.80. The van der Waals surface area contributed by atoms with Crippen molar-refractivity contribution < 1.29 is 14.3 Å². The molecule has 1 unspecified atom stereocenters. The number of hydrogen-bond acceptors (Lipinski definition) is 4. The van der Waals surface area contributed by atoms with E-state index in [9.17, 15) is 9.59 Å². The van der Waals surface area contributed by atoms with Crippen molar-refractivity contribution in [1.29, 1.82) is 0 Å². The first-order chi connectivity index (χ1) is 11.8. The number of rotatable bonds is 3. The molecule has 25 heavy (non-hydrogen) atoms. The highest BCUT2D eigenvalue weighted by molar-refractivity contribution is 5.95. The minimum Gasteiger partial charge on any atom is -0.368 e. The second kappa shape index (κ2) is 6.77. The van der Waals surface area contributed by atoms with Gasteiger partial charge in [-0.15, -0.1) is 0 Å². The molecule has 6 nitrogen and oxygen atoms in total. The summed E-state index contributed by atoms with van der Waals surface area (Å²) in [4.78, 5) is 28.7. The van der Waals surface area contributed by atoms with Crippen molar-refractivity contribution in [3.63, 3.8) is 0 Å². The molecule has 136 valence electrons. The number of likely N-dealkylation sites (tertiary alicyclic amines) is 1. The van der Waals surface area contributed by atoms with Crippen molar-refractivity contribution in [1.82, 2.24) is 15.1 Å². The van der Waals surface area contributed by atoms with E-state index in [1.807, 2.05) is 61.9 Å². The predicted octanol–water partition coefficient (Wildman–Crippen LogP) is 1.04. The average Bonchev–Trinajstić information content (AvgIpc) is 2.51. The highest BCUT2D eigenvalue weighted by Crippen LogP contribution is 2.31. The van der Waals surface area contributed by atoms with E-state index in [0.717, 1.165) is 5.56 Å². The monoisotopic (exact) mass is 345 g/mol. The highest BCUT2D eigenvalue weighted by Gasteiger charge is 2.51. The molecule has 3 rings (SSSR count). The minimum absolute atomic E-state index is 0.000586. The number of morpholine rings is 1. The van der Waals surface area contributed by atoms with E-state index in [1.54, 1.807) is 0 Å². The van der Waals surface area contributed by atoms with Gasteiger partial charge in [-0.1, -0.05) is 17.7 Å². The van der Waals surface area contributed by atoms with Gasteiger partial charge in [0.15, 0.2) is 0 Å². The number of nitrogens with zero attached hydrogens (tertiary/aromatic N) is 2. The van der Waals surface area contributed by atoms with Crippen molar-refractivity contribution in [2.75, 3.05) is 33.3 Å². The van der Waals surface area contributed by atoms with E-state index in [1.165, 1.54) is 0 Å². The third kappa shape index (κ3) is 3.70. The standard InChI is InChI=1S/C19H27N3O3/c1-13(2)20-17(23)16-9-25-19(10-21(16)4)11-22(12-19)18(24)15-7-5-6-14(3)8-15/h5-8,13,16H,9-12H2,1-4H3,(H,20,23). The van der Waals surface area contributed by atoms with Gasteiger partial charge in [0.1, 0.15) is 11.6 Å². The zero-order chi connectivity index (χ0) is 18.2. The molecule has 0 aromatic heterocycles. The minimum atomic E-state index is -0.344. The van der Waals surface area contributed by atoms with Crippen LogP contribution < -0.4 is 5.32 Å². The number of hydrogen-bond donors (Lipinski definition) is 1. The summed E-state index contributed by atoms with van der Waals surface area (Å²) in [6.45, 7) is 8.04. The van der Waals surface area contributed by atoms with Crippen molar-refractivity contribution in [2.45, 2.75) is 38.5 Å². The molecule has 2 fully saturated rings. The fourth-order valence-corrected chi connectivity index (χ4v) is 3.59. The van der Waals surface area contributed by atoms with Crippen molar-refractivity contribution in [3.05, 3.63) is 35.4 Å². The Kier molecular flexibility index (Phi) is 4.84. The highest BCUT2D eigenvalue weighted by atomic mass is 16.5. The summed E-state index contributed by atoms with van der Waals surface area (Å²) in [5.41, 5.74) is 1.45. The van der Waals surface area contributed by atoms with Crippen LogP contribution in [0.1, 0.15) is 29.8 Å². The Labute approximate surface area is 149 Å². The molecule has 1 aromatic carbocycles. The lowest BCUT2D eigenvalue weighted by atomic mass is 9.89. The van der Waals surface area contributed by atoms with E-state index in [0.29, 0.717) is 31.8 Å². The number of nitrogens with one attached hydrogen (secondary N) is 1. The molecule has 6 heteroatoms. The summed E-state index contributed by atoms with van der Waals surface area (Å²) in [5, 5.41) is 2.93. The largest absolute Gasteiger partial charge is 0.368 e. The SMILES string of the molecule is Cc1cccc(C(=O)N2CC3(C2)CN(C)C(C(=O)NC(C)C)CO3)c1. The van der Waals surface area contributed by atoms with Crippen LogP contribution in [0.25, 0.3) is 0 Å². The number of carbonyl (C=O) groups excluding carboxylic acids is 2. The maximum absolute atomic E-state index is 12.6. The van der Waals surface area contributed by atoms with Gasteiger partial charge in [-0.2, -0.15) is 0 Å². The predicted molar refractivity (Wildman–Crippen MR) is 95.5 cm³/mol. The molecular weight excluding hydrogens is 318 g/mol. The van der Waals surface area contributed by atoms with E-state index < -0.39 is 0 Å². The van der Waals surface area contributed by atoms with Crippen LogP contribution in [-0.4, -0.2) is 72.6 Å². The quantitative estimate of drug-likeness (QED) is 0.889. The van der Waals surface area contributed by atoms with Crippen LogP contribution in [0.15, 0.2) is 24.3 Å². The summed E-state index contributed by atoms with van der Waals surface area (Å²) in [7, 11) is 1.94. The molecule has 0 aliphatic carbocycles. The molecule has 1 N–H and O–H groups in total. The third-order valence-electron chi connectivity index (χ3n) is 4.86. The molecule has 1 atom stereocenters. The Bertz CT molecular complexity index is 668. The summed E-state index contributed by atoms with van der Waals surface area (Å²) in [5.74, 6) is 0.0413. The summed E-state index contributed by atoms with van der Waals surface area (Å²) >= 11 is 0. The van der Waals surface area contributed by atoms with Gasteiger partial charge in [0, 0.05) is 18.2 Å². The molecule has 1 aromatic rings. The molecule has 2 heterocycles. The normalized spacial score (nSPS) is 22.8. The summed E-state index contributed by atoms with van der Waals surface area (Å²) in [6.07, 6.45) is 0. The lowest BCUT2D eigenvalue weighted by molar-refractivity contribution is -0.187. The number of carbonyl (C=O) groups is 2. The maximum atomic E-state index is 12.6. The van der Waals surface area contributed by atoms with Gasteiger partial charge in [0.05, 0.1) is 19.7 Å². The Morgan fingerprint density at radius 1 is 1.28 bits per heavy atom. The smallest absolute Gasteiger partial charge is 0.254 e.